The zero-order chi connectivity index (χ0) is 23.8. The summed E-state index contributed by atoms with van der Waals surface area (Å²) in [5.74, 6) is -1.24. The van der Waals surface area contributed by atoms with E-state index in [1.54, 1.807) is 28.8 Å². The number of pyridine rings is 1. The smallest absolute Gasteiger partial charge is 0.355 e. The lowest BCUT2D eigenvalue weighted by Crippen LogP contribution is -2.40. The van der Waals surface area contributed by atoms with Gasteiger partial charge in [0.2, 0.25) is 0 Å². The number of para-hydroxylation sites is 1. The summed E-state index contributed by atoms with van der Waals surface area (Å²) in [7, 11) is -1.90. The Balaban J connectivity index is 1.89. The van der Waals surface area contributed by atoms with Crippen LogP contribution in [0.1, 0.15) is 28.9 Å². The van der Waals surface area contributed by atoms with Crippen LogP contribution in [0.2, 0.25) is 0 Å². The summed E-state index contributed by atoms with van der Waals surface area (Å²) in [6, 6.07) is 12.8. The predicted molar refractivity (Wildman–Crippen MR) is 124 cm³/mol. The van der Waals surface area contributed by atoms with Gasteiger partial charge in [0.15, 0.2) is 5.43 Å². The molecule has 0 radical (unpaired) electrons. The largest absolute Gasteiger partial charge is 0.464 e. The highest BCUT2D eigenvalue weighted by Crippen LogP contribution is 2.26. The van der Waals surface area contributed by atoms with Crippen LogP contribution in [0.4, 0.5) is 4.39 Å². The van der Waals surface area contributed by atoms with E-state index >= 15 is 0 Å². The summed E-state index contributed by atoms with van der Waals surface area (Å²) in [6.45, 7) is 1.11. The van der Waals surface area contributed by atoms with Gasteiger partial charge in [-0.05, 0) is 56.3 Å². The third-order valence-electron chi connectivity index (χ3n) is 6.14. The summed E-state index contributed by atoms with van der Waals surface area (Å²) < 4.78 is 44.6. The molecule has 3 aromatic rings. The molecule has 0 bridgehead atoms. The van der Waals surface area contributed by atoms with Crippen molar-refractivity contribution in [3.05, 3.63) is 75.8 Å². The molecule has 1 aromatic heterocycles. The number of rotatable bonds is 5. The fraction of sp³-hybridized carbons (Fsp3) is 0.333. The molecule has 33 heavy (non-hydrogen) atoms. The molecule has 0 atom stereocenters. The molecule has 1 saturated heterocycles. The van der Waals surface area contributed by atoms with E-state index in [4.69, 9.17) is 4.74 Å². The van der Waals surface area contributed by atoms with Crippen molar-refractivity contribution in [3.63, 3.8) is 0 Å². The highest BCUT2D eigenvalue weighted by molar-refractivity contribution is 7.91. The topological polar surface area (TPSA) is 85.7 Å². The molecule has 7 nitrogen and oxygen atoms in total. The number of ether oxygens (including phenoxy) is 1. The van der Waals surface area contributed by atoms with Crippen molar-refractivity contribution >= 4 is 26.7 Å². The number of likely N-dealkylation sites (tertiary alicyclic amines) is 1. The molecule has 0 aliphatic carbocycles. The number of benzene rings is 2. The van der Waals surface area contributed by atoms with Crippen molar-refractivity contribution < 1.29 is 22.3 Å². The molecule has 9 heteroatoms. The van der Waals surface area contributed by atoms with Gasteiger partial charge in [-0.25, -0.2) is 17.6 Å². The lowest BCUT2D eigenvalue weighted by molar-refractivity contribution is 0.0588. The van der Waals surface area contributed by atoms with Crippen molar-refractivity contribution in [2.75, 3.05) is 26.5 Å². The van der Waals surface area contributed by atoms with E-state index in [1.807, 2.05) is 11.0 Å². The van der Waals surface area contributed by atoms with Crippen LogP contribution in [0.25, 0.3) is 16.6 Å². The van der Waals surface area contributed by atoms with Crippen LogP contribution in [0.15, 0.2) is 53.3 Å². The zero-order valence-electron chi connectivity index (χ0n) is 18.5. The molecule has 0 spiro atoms. The third-order valence-corrected chi connectivity index (χ3v) is 7.83. The molecule has 0 unspecified atom stereocenters. The van der Waals surface area contributed by atoms with Gasteiger partial charge in [-0.1, -0.05) is 18.2 Å². The number of aromatic nitrogens is 1. The van der Waals surface area contributed by atoms with Gasteiger partial charge < -0.3 is 9.30 Å². The number of methoxy groups -OCH3 is 1. The van der Waals surface area contributed by atoms with Crippen molar-refractivity contribution in [1.29, 1.82) is 0 Å². The number of hydrogen-bond donors (Lipinski definition) is 0. The fourth-order valence-electron chi connectivity index (χ4n) is 4.43. The summed E-state index contributed by atoms with van der Waals surface area (Å²) >= 11 is 0. The van der Waals surface area contributed by atoms with E-state index in [2.05, 4.69) is 0 Å². The van der Waals surface area contributed by atoms with Gasteiger partial charge in [0.25, 0.3) is 0 Å². The van der Waals surface area contributed by atoms with Gasteiger partial charge >= 0.3 is 5.97 Å². The molecule has 0 saturated carbocycles. The Morgan fingerprint density at radius 3 is 2.39 bits per heavy atom. The number of nitrogens with zero attached hydrogens (tertiary/aromatic N) is 2. The number of piperidine rings is 1. The zero-order valence-corrected chi connectivity index (χ0v) is 19.3. The second-order valence-corrected chi connectivity index (χ2v) is 10.6. The lowest BCUT2D eigenvalue weighted by atomic mass is 10.0. The molecule has 1 aliphatic rings. The van der Waals surface area contributed by atoms with Crippen LogP contribution >= 0.6 is 0 Å². The van der Waals surface area contributed by atoms with Crippen molar-refractivity contribution in [3.8, 4) is 5.69 Å². The SMILES string of the molecule is COC(=O)c1c(CN2CCC(S(C)(=O)=O)CC2)c(=O)c2ccc(F)cc2n1-c1ccccc1. The Morgan fingerprint density at radius 1 is 1.12 bits per heavy atom. The average Bonchev–Trinajstić information content (AvgIpc) is 2.80. The van der Waals surface area contributed by atoms with Crippen LogP contribution in [0.5, 0.6) is 0 Å². The fourth-order valence-corrected chi connectivity index (χ4v) is 5.50. The molecular weight excluding hydrogens is 447 g/mol. The number of halogens is 1. The summed E-state index contributed by atoms with van der Waals surface area (Å²) in [5, 5.41) is -0.122. The van der Waals surface area contributed by atoms with Crippen LogP contribution in [-0.4, -0.2) is 55.6 Å². The summed E-state index contributed by atoms with van der Waals surface area (Å²) in [6.07, 6.45) is 2.15. The highest BCUT2D eigenvalue weighted by Gasteiger charge is 2.30. The molecule has 1 aliphatic heterocycles. The third kappa shape index (κ3) is 4.56. The van der Waals surface area contributed by atoms with E-state index in [0.29, 0.717) is 31.6 Å². The molecule has 2 aromatic carbocycles. The first-order valence-corrected chi connectivity index (χ1v) is 12.6. The first-order valence-electron chi connectivity index (χ1n) is 10.6. The van der Waals surface area contributed by atoms with Crippen molar-refractivity contribution in [2.45, 2.75) is 24.6 Å². The number of esters is 1. The van der Waals surface area contributed by atoms with Gasteiger partial charge in [0.05, 0.1) is 17.9 Å². The van der Waals surface area contributed by atoms with Gasteiger partial charge in [0, 0.05) is 29.4 Å². The Kier molecular flexibility index (Phi) is 6.36. The summed E-state index contributed by atoms with van der Waals surface area (Å²) in [4.78, 5) is 28.4. The maximum absolute atomic E-state index is 14.2. The maximum atomic E-state index is 14.2. The molecule has 174 valence electrons. The van der Waals surface area contributed by atoms with E-state index in [9.17, 15) is 22.4 Å². The first-order chi connectivity index (χ1) is 15.7. The minimum Gasteiger partial charge on any atom is -0.464 e. The molecular formula is C24H25FN2O5S. The number of fused-ring (bicyclic) bond motifs is 1. The van der Waals surface area contributed by atoms with Crippen LogP contribution in [-0.2, 0) is 21.1 Å². The Labute approximate surface area is 191 Å². The first kappa shape index (κ1) is 23.1. The monoisotopic (exact) mass is 472 g/mol. The molecule has 4 rings (SSSR count). The second kappa shape index (κ2) is 9.07. The van der Waals surface area contributed by atoms with Crippen molar-refractivity contribution in [2.24, 2.45) is 0 Å². The second-order valence-electron chi connectivity index (χ2n) is 8.29. The van der Waals surface area contributed by atoms with E-state index in [0.717, 1.165) is 0 Å². The Morgan fingerprint density at radius 2 is 1.79 bits per heavy atom. The normalized spacial score (nSPS) is 15.6. The quantitative estimate of drug-likeness (QED) is 0.531. The maximum Gasteiger partial charge on any atom is 0.355 e. The van der Waals surface area contributed by atoms with Gasteiger partial charge in [-0.15, -0.1) is 0 Å². The minimum atomic E-state index is -3.13. The minimum absolute atomic E-state index is 0.0389. The Bertz CT molecular complexity index is 1360. The molecule has 0 amide bonds. The van der Waals surface area contributed by atoms with Crippen molar-refractivity contribution in [1.82, 2.24) is 9.47 Å². The molecule has 2 heterocycles. The van der Waals surface area contributed by atoms with Gasteiger partial charge in [0.1, 0.15) is 21.3 Å². The summed E-state index contributed by atoms with van der Waals surface area (Å²) in [5.41, 5.74) is 0.763. The highest BCUT2D eigenvalue weighted by atomic mass is 32.2. The van der Waals surface area contributed by atoms with E-state index in [1.165, 1.54) is 31.6 Å². The van der Waals surface area contributed by atoms with Gasteiger partial charge in [-0.3, -0.25) is 9.69 Å². The van der Waals surface area contributed by atoms with E-state index in [-0.39, 0.29) is 34.1 Å². The number of sulfone groups is 1. The van der Waals surface area contributed by atoms with Crippen LogP contribution < -0.4 is 5.43 Å². The van der Waals surface area contributed by atoms with E-state index < -0.39 is 26.9 Å². The average molecular weight is 473 g/mol. The predicted octanol–water partition coefficient (Wildman–Crippen LogP) is 2.93. The Hall–Kier alpha value is -3.04. The standard InChI is InChI=1S/C24H25FN2O5S/c1-32-24(29)22-20(15-26-12-10-18(11-13-26)33(2,30)31)23(28)19-9-8-16(25)14-21(19)27(22)17-6-4-3-5-7-17/h3-9,14,18H,10-13,15H2,1-2H3. The molecule has 1 fully saturated rings. The lowest BCUT2D eigenvalue weighted by Gasteiger charge is -2.31. The number of hydrogen-bond acceptors (Lipinski definition) is 6. The number of carbonyl (C=O) groups excluding carboxylic acids is 1. The van der Waals surface area contributed by atoms with Crippen LogP contribution in [0.3, 0.4) is 0 Å². The van der Waals surface area contributed by atoms with Gasteiger partial charge in [-0.2, -0.15) is 0 Å². The molecule has 0 N–H and O–H groups in total. The van der Waals surface area contributed by atoms with Crippen LogP contribution in [0, 0.1) is 5.82 Å². The number of carbonyl (C=O) groups is 1.